The van der Waals surface area contributed by atoms with Crippen molar-refractivity contribution >= 4 is 40.3 Å². The van der Waals surface area contributed by atoms with Crippen molar-refractivity contribution in [1.82, 2.24) is 0 Å². The molecule has 9 rings (SSSR count). The Morgan fingerprint density at radius 1 is 0.712 bits per heavy atom. The molecule has 260 valence electrons. The molecule has 0 spiro atoms. The van der Waals surface area contributed by atoms with Crippen molar-refractivity contribution in [1.29, 1.82) is 0 Å². The fourth-order valence-electron chi connectivity index (χ4n) is 9.80. The number of rotatable bonds is 5. The molecule has 3 fully saturated rings. The van der Waals surface area contributed by atoms with E-state index >= 15 is 9.59 Å². The van der Waals surface area contributed by atoms with Gasteiger partial charge in [0.15, 0.2) is 11.6 Å². The van der Waals surface area contributed by atoms with E-state index in [2.05, 4.69) is 11.0 Å². The van der Waals surface area contributed by atoms with Crippen LogP contribution in [-0.4, -0.2) is 54.8 Å². The number of benzene rings is 4. The zero-order chi connectivity index (χ0) is 35.6. The number of carbonyl (C=O) groups excluding carboxylic acids is 4. The van der Waals surface area contributed by atoms with Crippen LogP contribution in [0.5, 0.6) is 5.75 Å². The number of aromatic hydroxyl groups is 1. The number of anilines is 2. The molecule has 8 heteroatoms. The number of ketones is 2. The predicted molar refractivity (Wildman–Crippen MR) is 197 cm³/mol. The Labute approximate surface area is 302 Å². The molecular weight excluding hydrogens is 652 g/mol. The molecule has 3 aliphatic carbocycles. The highest BCUT2D eigenvalue weighted by Gasteiger charge is 2.66. The number of amides is 2. The maximum Gasteiger partial charge on any atom is 0.238 e. The molecule has 2 aliphatic heterocycles. The van der Waals surface area contributed by atoms with Gasteiger partial charge in [-0.3, -0.25) is 24.1 Å². The molecule has 52 heavy (non-hydrogen) atoms. The summed E-state index contributed by atoms with van der Waals surface area (Å²) in [5.41, 5.74) is 3.68. The van der Waals surface area contributed by atoms with Gasteiger partial charge in [0.2, 0.25) is 11.8 Å². The lowest BCUT2D eigenvalue weighted by molar-refractivity contribution is -0.135. The minimum atomic E-state index is -1.30. The second-order valence-corrected chi connectivity index (χ2v) is 14.5. The summed E-state index contributed by atoms with van der Waals surface area (Å²) in [5, 5.41) is 10.3. The average Bonchev–Trinajstić information content (AvgIpc) is 3.45. The Kier molecular flexibility index (Phi) is 7.81. The summed E-state index contributed by atoms with van der Waals surface area (Å²) in [6, 6.07) is 33.2. The maximum atomic E-state index is 15.1. The van der Waals surface area contributed by atoms with Gasteiger partial charge >= 0.3 is 0 Å². The molecule has 5 aliphatic rings. The summed E-state index contributed by atoms with van der Waals surface area (Å²) in [4.78, 5) is 62.6. The second kappa shape index (κ2) is 12.6. The summed E-state index contributed by atoms with van der Waals surface area (Å²) in [6.07, 6.45) is 4.18. The van der Waals surface area contributed by atoms with Crippen LogP contribution in [0.25, 0.3) is 5.57 Å². The number of phenolic OH excluding ortho intramolecular Hbond substituents is 1. The third kappa shape index (κ3) is 4.84. The summed E-state index contributed by atoms with van der Waals surface area (Å²) in [5.74, 6) is -3.89. The number of morpholine rings is 1. The van der Waals surface area contributed by atoms with Gasteiger partial charge in [-0.15, -0.1) is 0 Å². The zero-order valence-electron chi connectivity index (χ0n) is 28.6. The molecule has 2 amide bonds. The number of imide groups is 1. The summed E-state index contributed by atoms with van der Waals surface area (Å²) in [6.45, 7) is 2.85. The van der Waals surface area contributed by atoms with Gasteiger partial charge in [-0.1, -0.05) is 84.4 Å². The van der Waals surface area contributed by atoms with Crippen LogP contribution < -0.4 is 9.80 Å². The number of Topliss-reactive ketones (excluding diaryl/α,β-unsaturated/α-hetero) is 1. The van der Waals surface area contributed by atoms with Gasteiger partial charge in [0.05, 0.1) is 36.2 Å². The van der Waals surface area contributed by atoms with Crippen LogP contribution in [0, 0.1) is 23.7 Å². The molecule has 0 radical (unpaired) electrons. The summed E-state index contributed by atoms with van der Waals surface area (Å²) in [7, 11) is 0. The SMILES string of the molecule is O=C1C(c2ccccc2)=CC(=O)[C@@]2(c3ccccc3)[C@@H](c3ccc(O)cc3)C3=CC[C@@H]4C(=O)N(c5ccc(N6CCOCC6)cc5)C(=O)[C@@H]4[C@@H]3C[C@@H]12. The van der Waals surface area contributed by atoms with E-state index in [0.29, 0.717) is 36.5 Å². The predicted octanol–water partition coefficient (Wildman–Crippen LogP) is 6.26. The molecule has 4 aromatic carbocycles. The van der Waals surface area contributed by atoms with E-state index in [1.54, 1.807) is 12.1 Å². The lowest BCUT2D eigenvalue weighted by atomic mass is 9.44. The van der Waals surface area contributed by atoms with E-state index in [4.69, 9.17) is 4.74 Å². The van der Waals surface area contributed by atoms with Crippen LogP contribution in [0.3, 0.4) is 0 Å². The van der Waals surface area contributed by atoms with Gasteiger partial charge in [-0.2, -0.15) is 0 Å². The fourth-order valence-corrected chi connectivity index (χ4v) is 9.80. The normalized spacial score (nSPS) is 28.5. The number of hydrogen-bond acceptors (Lipinski definition) is 7. The Hall–Kier alpha value is -5.60. The maximum absolute atomic E-state index is 15.1. The van der Waals surface area contributed by atoms with E-state index in [0.717, 1.165) is 35.5 Å². The largest absolute Gasteiger partial charge is 0.508 e. The van der Waals surface area contributed by atoms with Crippen LogP contribution >= 0.6 is 0 Å². The molecule has 0 aromatic heterocycles. The minimum Gasteiger partial charge on any atom is -0.508 e. The van der Waals surface area contributed by atoms with Crippen molar-refractivity contribution in [2.45, 2.75) is 24.2 Å². The zero-order valence-corrected chi connectivity index (χ0v) is 28.6. The Morgan fingerprint density at radius 3 is 2.06 bits per heavy atom. The number of allylic oxidation sites excluding steroid dienone is 4. The van der Waals surface area contributed by atoms with Crippen molar-refractivity contribution in [3.63, 3.8) is 0 Å². The standard InChI is InChI=1S/C44H38N2O6/c47-32-17-11-28(12-18-32)40-33-19-20-34-39(43(51)46(42(34)50)31-15-13-30(14-16-31)45-21-23-52-24-22-45)36(33)25-37-41(49)35(27-7-3-1-4-8-27)26-38(48)44(37,40)29-9-5-2-6-10-29/h1-19,26,34,36-37,39-40,47H,20-25H2/t34-,36+,37-,39-,40-,44-/m0/s1. The lowest BCUT2D eigenvalue weighted by Gasteiger charge is -2.55. The molecule has 4 aromatic rings. The molecule has 0 unspecified atom stereocenters. The van der Waals surface area contributed by atoms with E-state index in [9.17, 15) is 14.7 Å². The Morgan fingerprint density at radius 2 is 1.37 bits per heavy atom. The van der Waals surface area contributed by atoms with E-state index < -0.39 is 35.0 Å². The van der Waals surface area contributed by atoms with Crippen molar-refractivity contribution < 1.29 is 29.0 Å². The van der Waals surface area contributed by atoms with Gasteiger partial charge in [-0.05, 0) is 77.9 Å². The van der Waals surface area contributed by atoms with Crippen molar-refractivity contribution in [3.8, 4) is 5.75 Å². The molecule has 0 bridgehead atoms. The third-order valence-electron chi connectivity index (χ3n) is 12.1. The number of carbonyl (C=O) groups is 4. The van der Waals surface area contributed by atoms with E-state index in [-0.39, 0.29) is 35.6 Å². The van der Waals surface area contributed by atoms with Crippen LogP contribution in [0.2, 0.25) is 0 Å². The van der Waals surface area contributed by atoms with E-state index in [1.165, 1.54) is 11.0 Å². The molecule has 2 heterocycles. The molecule has 6 atom stereocenters. The van der Waals surface area contributed by atoms with Crippen LogP contribution in [0.4, 0.5) is 11.4 Å². The first-order valence-electron chi connectivity index (χ1n) is 18.1. The van der Waals surface area contributed by atoms with Crippen molar-refractivity contribution in [2.24, 2.45) is 23.7 Å². The molecule has 8 nitrogen and oxygen atoms in total. The minimum absolute atomic E-state index is 0.0864. The van der Waals surface area contributed by atoms with Crippen LogP contribution in [-0.2, 0) is 29.3 Å². The molecule has 1 saturated carbocycles. The van der Waals surface area contributed by atoms with Crippen molar-refractivity contribution in [2.75, 3.05) is 36.1 Å². The Bertz CT molecular complexity index is 2140. The summed E-state index contributed by atoms with van der Waals surface area (Å²) >= 11 is 0. The number of ether oxygens (including phenoxy) is 1. The topological polar surface area (TPSA) is 104 Å². The number of hydrogen-bond donors (Lipinski definition) is 1. The lowest BCUT2D eigenvalue weighted by Crippen LogP contribution is -2.58. The Balaban J connectivity index is 1.17. The smallest absolute Gasteiger partial charge is 0.238 e. The van der Waals surface area contributed by atoms with Gasteiger partial charge in [0.25, 0.3) is 0 Å². The van der Waals surface area contributed by atoms with Gasteiger partial charge in [0, 0.05) is 36.2 Å². The highest BCUT2D eigenvalue weighted by Crippen LogP contribution is 2.63. The number of fused-ring (bicyclic) bond motifs is 4. The number of nitrogens with zero attached hydrogens (tertiary/aromatic N) is 2. The first-order valence-corrected chi connectivity index (χ1v) is 18.1. The number of phenols is 1. The van der Waals surface area contributed by atoms with Gasteiger partial charge in [0.1, 0.15) is 5.75 Å². The quantitative estimate of drug-likeness (QED) is 0.195. The van der Waals surface area contributed by atoms with Crippen LogP contribution in [0.1, 0.15) is 35.4 Å². The molecular formula is C44H38N2O6. The first kappa shape index (κ1) is 32.3. The second-order valence-electron chi connectivity index (χ2n) is 14.5. The highest BCUT2D eigenvalue weighted by molar-refractivity contribution is 6.32. The molecule has 1 N–H and O–H groups in total. The summed E-state index contributed by atoms with van der Waals surface area (Å²) < 4.78 is 5.50. The monoisotopic (exact) mass is 690 g/mol. The molecule has 2 saturated heterocycles. The third-order valence-corrected chi connectivity index (χ3v) is 12.1. The van der Waals surface area contributed by atoms with Crippen molar-refractivity contribution in [3.05, 3.63) is 144 Å². The average molecular weight is 691 g/mol. The van der Waals surface area contributed by atoms with Gasteiger partial charge < -0.3 is 14.7 Å². The first-order chi connectivity index (χ1) is 25.4. The van der Waals surface area contributed by atoms with Gasteiger partial charge in [-0.25, -0.2) is 0 Å². The highest BCUT2D eigenvalue weighted by atomic mass is 16.5. The van der Waals surface area contributed by atoms with Crippen LogP contribution in [0.15, 0.2) is 127 Å². The fraction of sp³-hybridized carbons (Fsp3) is 0.273. The van der Waals surface area contributed by atoms with E-state index in [1.807, 2.05) is 97.1 Å².